The van der Waals surface area contributed by atoms with Crippen LogP contribution in [0.15, 0.2) is 78.9 Å². The highest BCUT2D eigenvalue weighted by atomic mass is 35.5. The molecule has 2 aliphatic carbocycles. The van der Waals surface area contributed by atoms with Crippen LogP contribution in [0.25, 0.3) is 22.2 Å². The number of fused-ring (bicyclic) bond motifs is 6. The van der Waals surface area contributed by atoms with Crippen LogP contribution in [0.2, 0.25) is 5.02 Å². The molecular weight excluding hydrogens is 540 g/mol. The number of hydrogen-bond donors (Lipinski definition) is 0. The molecule has 7 nitrogen and oxygen atoms in total. The van der Waals surface area contributed by atoms with Gasteiger partial charge in [0, 0.05) is 21.5 Å². The molecule has 0 N–H and O–H groups in total. The number of halogens is 1. The Bertz CT molecular complexity index is 1710. The normalized spacial score (nSPS) is 22.8. The van der Waals surface area contributed by atoms with Crippen molar-refractivity contribution in [1.29, 1.82) is 0 Å². The summed E-state index contributed by atoms with van der Waals surface area (Å²) in [4.78, 5) is 58.3. The van der Waals surface area contributed by atoms with Crippen molar-refractivity contribution >= 4 is 51.8 Å². The summed E-state index contributed by atoms with van der Waals surface area (Å²) in [5.74, 6) is -0.847. The van der Waals surface area contributed by atoms with Gasteiger partial charge < -0.3 is 4.74 Å². The van der Waals surface area contributed by atoms with E-state index >= 15 is 0 Å². The smallest absolute Gasteiger partial charge is 0.339 e. The lowest BCUT2D eigenvalue weighted by molar-refractivity contribution is -0.123. The fourth-order valence-corrected chi connectivity index (χ4v) is 6.99. The maximum atomic E-state index is 13.2. The molecule has 0 unspecified atom stereocenters. The number of anilines is 1. The number of amides is 2. The van der Waals surface area contributed by atoms with Crippen molar-refractivity contribution in [3.63, 3.8) is 0 Å². The molecule has 0 spiro atoms. The largest absolute Gasteiger partial charge is 0.454 e. The Morgan fingerprint density at radius 3 is 2.22 bits per heavy atom. The lowest BCUT2D eigenvalue weighted by Gasteiger charge is -2.19. The number of ether oxygens (including phenoxy) is 1. The van der Waals surface area contributed by atoms with Crippen molar-refractivity contribution in [1.82, 2.24) is 4.98 Å². The maximum Gasteiger partial charge on any atom is 0.339 e. The lowest BCUT2D eigenvalue weighted by atomic mass is 9.81. The third-order valence-electron chi connectivity index (χ3n) is 8.79. The van der Waals surface area contributed by atoms with Crippen LogP contribution in [0, 0.1) is 23.7 Å². The van der Waals surface area contributed by atoms with E-state index in [2.05, 4.69) is 0 Å². The van der Waals surface area contributed by atoms with Gasteiger partial charge in [0.2, 0.25) is 11.8 Å². The molecule has 2 heterocycles. The molecule has 1 saturated heterocycles. The number of carbonyl (C=O) groups excluding carboxylic acids is 4. The molecular formula is C33H25ClN2O5. The highest BCUT2D eigenvalue weighted by molar-refractivity contribution is 6.30. The van der Waals surface area contributed by atoms with Crippen LogP contribution in [0.4, 0.5) is 5.69 Å². The predicted octanol–water partition coefficient (Wildman–Crippen LogP) is 6.13. The topological polar surface area (TPSA) is 93.6 Å². The molecule has 4 atom stereocenters. The number of hydrogen-bond acceptors (Lipinski definition) is 6. The van der Waals surface area contributed by atoms with Gasteiger partial charge in [-0.25, -0.2) is 9.78 Å². The van der Waals surface area contributed by atoms with E-state index in [1.807, 2.05) is 6.07 Å². The zero-order valence-corrected chi connectivity index (χ0v) is 22.7. The number of nitrogens with zero attached hydrogens (tertiary/aromatic N) is 2. The number of imide groups is 1. The molecule has 8 heteroatoms. The van der Waals surface area contributed by atoms with Crippen LogP contribution < -0.4 is 4.90 Å². The second-order valence-electron chi connectivity index (χ2n) is 11.0. The number of esters is 1. The van der Waals surface area contributed by atoms with E-state index in [0.29, 0.717) is 50.3 Å². The molecule has 4 aromatic rings. The first-order valence-corrected chi connectivity index (χ1v) is 14.1. The fraction of sp³-hybridized carbons (Fsp3) is 0.242. The molecule has 0 radical (unpaired) electrons. The molecule has 3 aliphatic rings. The van der Waals surface area contributed by atoms with Gasteiger partial charge >= 0.3 is 5.97 Å². The summed E-state index contributed by atoms with van der Waals surface area (Å²) in [7, 11) is 0. The van der Waals surface area contributed by atoms with E-state index in [4.69, 9.17) is 21.3 Å². The third-order valence-corrected chi connectivity index (χ3v) is 9.04. The number of ketones is 1. The second-order valence-corrected chi connectivity index (χ2v) is 11.5. The van der Waals surface area contributed by atoms with Gasteiger partial charge in [0.15, 0.2) is 12.4 Å². The highest BCUT2D eigenvalue weighted by Gasteiger charge is 2.61. The first-order valence-electron chi connectivity index (χ1n) is 13.7. The zero-order chi connectivity index (χ0) is 28.2. The standard InChI is InChI=1S/C33H25ClN2O5/c34-22-11-7-19(8-12-22)28(37)17-41-33(40)25-16-27(35-26-4-2-1-3-24(25)26)18-9-13-23(14-10-18)36-31(38)29-20-5-6-21(15-20)30(29)32(36)39/h1-4,7-14,16,20-21,29-30H,5-6,15,17H2/t20-,21-,29-,30+/m0/s1. The van der Waals surface area contributed by atoms with Crippen molar-refractivity contribution in [2.45, 2.75) is 19.3 Å². The summed E-state index contributed by atoms with van der Waals surface area (Å²) in [6, 6.07) is 22.4. The van der Waals surface area contributed by atoms with E-state index in [0.717, 1.165) is 19.3 Å². The molecule has 2 saturated carbocycles. The van der Waals surface area contributed by atoms with E-state index in [9.17, 15) is 19.2 Å². The minimum absolute atomic E-state index is 0.0815. The summed E-state index contributed by atoms with van der Waals surface area (Å²) in [6.45, 7) is -0.414. The molecule has 3 aromatic carbocycles. The summed E-state index contributed by atoms with van der Waals surface area (Å²) >= 11 is 5.90. The van der Waals surface area contributed by atoms with Crippen molar-refractivity contribution in [2.24, 2.45) is 23.7 Å². The Kier molecular flexibility index (Phi) is 6.20. The Balaban J connectivity index is 1.14. The SMILES string of the molecule is O=C(COC(=O)c1cc(-c2ccc(N3C(=O)[C@@H]4[C@H]5CC[C@@H](C5)[C@@H]4C3=O)cc2)nc2ccccc12)c1ccc(Cl)cc1. The van der Waals surface area contributed by atoms with Gasteiger partial charge in [0.05, 0.1) is 34.3 Å². The van der Waals surface area contributed by atoms with Crippen molar-refractivity contribution in [2.75, 3.05) is 11.5 Å². The first-order chi connectivity index (χ1) is 19.9. The molecule has 3 fully saturated rings. The van der Waals surface area contributed by atoms with E-state index in [1.165, 1.54) is 4.90 Å². The number of benzene rings is 3. The number of aromatic nitrogens is 1. The Labute approximate surface area is 241 Å². The Morgan fingerprint density at radius 2 is 1.54 bits per heavy atom. The molecule has 41 heavy (non-hydrogen) atoms. The Morgan fingerprint density at radius 1 is 0.878 bits per heavy atom. The molecule has 1 aromatic heterocycles. The van der Waals surface area contributed by atoms with E-state index in [1.54, 1.807) is 72.8 Å². The van der Waals surface area contributed by atoms with Crippen LogP contribution in [0.3, 0.4) is 0 Å². The van der Waals surface area contributed by atoms with E-state index < -0.39 is 12.6 Å². The molecule has 2 bridgehead atoms. The molecule has 204 valence electrons. The maximum absolute atomic E-state index is 13.2. The molecule has 2 amide bonds. The number of para-hydroxylation sites is 1. The number of Topliss-reactive ketones (excluding diaryl/α,β-unsaturated/α-hetero) is 1. The van der Waals surface area contributed by atoms with Crippen LogP contribution in [0.1, 0.15) is 40.0 Å². The highest BCUT2D eigenvalue weighted by Crippen LogP contribution is 2.56. The Hall–Kier alpha value is -4.36. The van der Waals surface area contributed by atoms with Crippen molar-refractivity contribution in [3.05, 3.63) is 95.0 Å². The molecule has 7 rings (SSSR count). The van der Waals surface area contributed by atoms with Crippen molar-refractivity contribution < 1.29 is 23.9 Å². The number of pyridine rings is 1. The number of carbonyl (C=O) groups is 4. The summed E-state index contributed by atoms with van der Waals surface area (Å²) < 4.78 is 5.41. The van der Waals surface area contributed by atoms with Gasteiger partial charge in [-0.1, -0.05) is 41.9 Å². The van der Waals surface area contributed by atoms with Gasteiger partial charge in [-0.2, -0.15) is 0 Å². The summed E-state index contributed by atoms with van der Waals surface area (Å²) in [5.41, 5.74) is 3.07. The number of rotatable bonds is 6. The predicted molar refractivity (Wildman–Crippen MR) is 154 cm³/mol. The lowest BCUT2D eigenvalue weighted by Crippen LogP contribution is -2.32. The summed E-state index contributed by atoms with van der Waals surface area (Å²) in [6.07, 6.45) is 3.06. The van der Waals surface area contributed by atoms with Gasteiger partial charge in [-0.05, 0) is 79.6 Å². The van der Waals surface area contributed by atoms with Gasteiger partial charge in [-0.3, -0.25) is 19.3 Å². The average Bonchev–Trinajstić information content (AvgIpc) is 3.69. The zero-order valence-electron chi connectivity index (χ0n) is 22.0. The third kappa shape index (κ3) is 4.32. The van der Waals surface area contributed by atoms with Crippen molar-refractivity contribution in [3.8, 4) is 11.3 Å². The first kappa shape index (κ1) is 25.6. The summed E-state index contributed by atoms with van der Waals surface area (Å²) in [5, 5.41) is 1.11. The second kappa shape index (κ2) is 9.93. The van der Waals surface area contributed by atoms with Crippen LogP contribution >= 0.6 is 11.6 Å². The van der Waals surface area contributed by atoms with E-state index in [-0.39, 0.29) is 35.0 Å². The van der Waals surface area contributed by atoms with Gasteiger partial charge in [-0.15, -0.1) is 0 Å². The van der Waals surface area contributed by atoms with Crippen LogP contribution in [-0.2, 0) is 14.3 Å². The van der Waals surface area contributed by atoms with Gasteiger partial charge in [0.25, 0.3) is 0 Å². The molecule has 1 aliphatic heterocycles. The quantitative estimate of drug-likeness (QED) is 0.159. The minimum atomic E-state index is -0.641. The fourth-order valence-electron chi connectivity index (χ4n) is 6.86. The monoisotopic (exact) mass is 564 g/mol. The average molecular weight is 565 g/mol. The van der Waals surface area contributed by atoms with Crippen LogP contribution in [-0.4, -0.2) is 35.2 Å². The van der Waals surface area contributed by atoms with Gasteiger partial charge in [0.1, 0.15) is 0 Å². The minimum Gasteiger partial charge on any atom is -0.454 e. The van der Waals surface area contributed by atoms with Crippen LogP contribution in [0.5, 0.6) is 0 Å².